The Bertz CT molecular complexity index is 1170. The number of aromatic nitrogens is 3. The van der Waals surface area contributed by atoms with Crippen molar-refractivity contribution in [3.8, 4) is 5.88 Å². The molecule has 2 saturated heterocycles. The molecule has 1 aliphatic carbocycles. The highest BCUT2D eigenvalue weighted by molar-refractivity contribution is 5.97. The zero-order chi connectivity index (χ0) is 23.9. The van der Waals surface area contributed by atoms with Gasteiger partial charge in [0.25, 0.3) is 11.5 Å². The highest BCUT2D eigenvalue weighted by atomic mass is 35.5. The summed E-state index contributed by atoms with van der Waals surface area (Å²) in [4.78, 5) is 26.6. The third-order valence-electron chi connectivity index (χ3n) is 7.24. The molecule has 3 fully saturated rings. The predicted octanol–water partition coefficient (Wildman–Crippen LogP) is 2.35. The molecule has 0 aromatic carbocycles. The van der Waals surface area contributed by atoms with Crippen molar-refractivity contribution in [2.75, 3.05) is 32.2 Å². The molecule has 0 radical (unpaired) electrons. The Labute approximate surface area is 209 Å². The highest BCUT2D eigenvalue weighted by Gasteiger charge is 2.34. The van der Waals surface area contributed by atoms with Gasteiger partial charge >= 0.3 is 0 Å². The number of anilines is 1. The van der Waals surface area contributed by atoms with E-state index in [0.717, 1.165) is 38.5 Å². The Morgan fingerprint density at radius 3 is 2.51 bits per heavy atom. The number of rotatable bonds is 6. The van der Waals surface area contributed by atoms with Gasteiger partial charge in [-0.15, -0.1) is 17.5 Å². The smallest absolute Gasteiger partial charge is 0.270 e. The molecule has 3 aliphatic rings. The van der Waals surface area contributed by atoms with E-state index in [1.54, 1.807) is 4.57 Å². The number of amides is 1. The summed E-state index contributed by atoms with van der Waals surface area (Å²) < 4.78 is 13.8. The fraction of sp³-hybridized carbons (Fsp3) is 0.625. The lowest BCUT2D eigenvalue weighted by molar-refractivity contribution is 0.0154. The van der Waals surface area contributed by atoms with Gasteiger partial charge in [0, 0.05) is 39.0 Å². The van der Waals surface area contributed by atoms with Crippen LogP contribution in [-0.2, 0) is 16.0 Å². The lowest BCUT2D eigenvalue weighted by Crippen LogP contribution is -2.39. The molecule has 0 bridgehead atoms. The zero-order valence-corrected chi connectivity index (χ0v) is 20.8. The first-order valence-electron chi connectivity index (χ1n) is 12.1. The molecule has 10 nitrogen and oxygen atoms in total. The van der Waals surface area contributed by atoms with Crippen LogP contribution in [0, 0.1) is 11.3 Å². The minimum absolute atomic E-state index is 0. The molecule has 2 aromatic heterocycles. The maximum atomic E-state index is 13.7. The molecule has 2 aromatic rings. The molecule has 192 valence electrons. The van der Waals surface area contributed by atoms with Crippen LogP contribution in [-0.4, -0.2) is 57.7 Å². The molecular formula is C24H34ClN5O5. The monoisotopic (exact) mass is 507 g/mol. The van der Waals surface area contributed by atoms with Crippen LogP contribution in [0.5, 0.6) is 5.88 Å². The van der Waals surface area contributed by atoms with Crippen molar-refractivity contribution >= 4 is 35.9 Å². The average Bonchev–Trinajstić information content (AvgIpc) is 3.57. The fourth-order valence-electron chi connectivity index (χ4n) is 4.81. The number of hydrogen-bond acceptors (Lipinski definition) is 7. The van der Waals surface area contributed by atoms with Gasteiger partial charge in [-0.3, -0.25) is 14.2 Å². The summed E-state index contributed by atoms with van der Waals surface area (Å²) in [5.41, 5.74) is 6.23. The number of carbonyl (C=O) groups is 1. The fourth-order valence-corrected chi connectivity index (χ4v) is 4.81. The van der Waals surface area contributed by atoms with Crippen molar-refractivity contribution in [3.05, 3.63) is 27.6 Å². The SMILES string of the molecule is CC1(Cn2c(=O)c(C(=O)NC3CC3)c(O)n3nc(N)c(C=CC4CCOCC4)c23)CCOCC1.Cl. The topological polar surface area (TPSA) is 133 Å². The third-order valence-corrected chi connectivity index (χ3v) is 7.24. The van der Waals surface area contributed by atoms with E-state index in [9.17, 15) is 14.7 Å². The summed E-state index contributed by atoms with van der Waals surface area (Å²) in [5.74, 6) is -0.521. The van der Waals surface area contributed by atoms with E-state index in [1.807, 2.05) is 6.08 Å². The number of nitrogens with zero attached hydrogens (tertiary/aromatic N) is 3. The Hall–Kier alpha value is -2.56. The number of nitrogens with two attached hydrogens (primary N) is 1. The second-order valence-corrected chi connectivity index (χ2v) is 10.1. The molecule has 5 rings (SSSR count). The molecule has 11 heteroatoms. The van der Waals surface area contributed by atoms with Crippen LogP contribution in [0.15, 0.2) is 10.9 Å². The number of aromatic hydroxyl groups is 1. The van der Waals surface area contributed by atoms with Crippen LogP contribution in [0.3, 0.4) is 0 Å². The van der Waals surface area contributed by atoms with E-state index in [-0.39, 0.29) is 35.2 Å². The summed E-state index contributed by atoms with van der Waals surface area (Å²) in [5, 5.41) is 18.1. The summed E-state index contributed by atoms with van der Waals surface area (Å²) >= 11 is 0. The van der Waals surface area contributed by atoms with E-state index >= 15 is 0 Å². The Balaban J connectivity index is 0.00000289. The van der Waals surface area contributed by atoms with E-state index < -0.39 is 17.3 Å². The predicted molar refractivity (Wildman–Crippen MR) is 134 cm³/mol. The summed E-state index contributed by atoms with van der Waals surface area (Å²) in [7, 11) is 0. The van der Waals surface area contributed by atoms with Gasteiger partial charge in [-0.25, -0.2) is 0 Å². The molecule has 1 saturated carbocycles. The Morgan fingerprint density at radius 2 is 1.86 bits per heavy atom. The van der Waals surface area contributed by atoms with Crippen molar-refractivity contribution < 1.29 is 19.4 Å². The summed E-state index contributed by atoms with van der Waals surface area (Å²) in [6.45, 7) is 5.15. The Kier molecular flexibility index (Phi) is 7.44. The van der Waals surface area contributed by atoms with Gasteiger partial charge in [-0.05, 0) is 49.9 Å². The molecule has 4 N–H and O–H groups in total. The molecule has 0 spiro atoms. The summed E-state index contributed by atoms with van der Waals surface area (Å²) in [6.07, 6.45) is 9.10. The first kappa shape index (κ1) is 25.5. The van der Waals surface area contributed by atoms with Crippen LogP contribution in [0.1, 0.15) is 61.4 Å². The quantitative estimate of drug-likeness (QED) is 0.546. The van der Waals surface area contributed by atoms with Gasteiger partial charge in [0.2, 0.25) is 5.88 Å². The lowest BCUT2D eigenvalue weighted by atomic mass is 9.82. The van der Waals surface area contributed by atoms with Crippen LogP contribution in [0.4, 0.5) is 5.82 Å². The molecule has 1 amide bonds. The number of ether oxygens (including phenoxy) is 2. The van der Waals surface area contributed by atoms with E-state index in [0.29, 0.717) is 50.1 Å². The van der Waals surface area contributed by atoms with Crippen molar-refractivity contribution in [2.45, 2.75) is 58.0 Å². The van der Waals surface area contributed by atoms with Crippen LogP contribution >= 0.6 is 12.4 Å². The van der Waals surface area contributed by atoms with Gasteiger partial charge in [-0.2, -0.15) is 4.52 Å². The number of fused-ring (bicyclic) bond motifs is 1. The second-order valence-electron chi connectivity index (χ2n) is 10.1. The highest BCUT2D eigenvalue weighted by Crippen LogP contribution is 2.34. The largest absolute Gasteiger partial charge is 0.492 e. The van der Waals surface area contributed by atoms with Crippen LogP contribution in [0.25, 0.3) is 11.7 Å². The van der Waals surface area contributed by atoms with Gasteiger partial charge in [0.15, 0.2) is 17.0 Å². The first-order chi connectivity index (χ1) is 16.4. The second kappa shape index (κ2) is 10.2. The molecule has 4 heterocycles. The van der Waals surface area contributed by atoms with Gasteiger partial charge in [-0.1, -0.05) is 19.1 Å². The maximum absolute atomic E-state index is 13.7. The van der Waals surface area contributed by atoms with Crippen molar-refractivity contribution in [3.63, 3.8) is 0 Å². The summed E-state index contributed by atoms with van der Waals surface area (Å²) in [6, 6.07) is 0.0455. The normalized spacial score (nSPS) is 20.7. The van der Waals surface area contributed by atoms with E-state index in [4.69, 9.17) is 15.2 Å². The van der Waals surface area contributed by atoms with Gasteiger partial charge in [0.05, 0.1) is 5.56 Å². The first-order valence-corrected chi connectivity index (χ1v) is 12.1. The van der Waals surface area contributed by atoms with Crippen LogP contribution < -0.4 is 16.6 Å². The number of carbonyl (C=O) groups excluding carboxylic acids is 1. The standard InChI is InChI=1S/C24H33N5O5.ClH/c1-24(8-12-34-13-9-24)14-28-21-17(5-2-15-6-10-33-11-7-15)19(25)27-29(21)23(32)18(22(28)31)20(30)26-16-3-4-16;/h2,5,15-16,32H,3-4,6-14H2,1H3,(H2,25,27)(H,26,30);1H. The zero-order valence-electron chi connectivity index (χ0n) is 20.0. The lowest BCUT2D eigenvalue weighted by Gasteiger charge is -2.34. The number of halogens is 1. The number of hydrogen-bond donors (Lipinski definition) is 3. The van der Waals surface area contributed by atoms with Crippen LogP contribution in [0.2, 0.25) is 0 Å². The van der Waals surface area contributed by atoms with Gasteiger partial charge in [0.1, 0.15) is 0 Å². The number of nitrogen functional groups attached to an aromatic ring is 1. The molecule has 2 aliphatic heterocycles. The average molecular weight is 508 g/mol. The molecule has 35 heavy (non-hydrogen) atoms. The molecule has 0 unspecified atom stereocenters. The molecule has 0 atom stereocenters. The van der Waals surface area contributed by atoms with E-state index in [2.05, 4.69) is 23.4 Å². The minimum atomic E-state index is -0.578. The number of allylic oxidation sites excluding steroid dienone is 1. The minimum Gasteiger partial charge on any atom is -0.492 e. The Morgan fingerprint density at radius 1 is 1.20 bits per heavy atom. The van der Waals surface area contributed by atoms with Crippen molar-refractivity contribution in [2.24, 2.45) is 11.3 Å². The van der Waals surface area contributed by atoms with E-state index in [1.165, 1.54) is 4.52 Å². The van der Waals surface area contributed by atoms with Crippen molar-refractivity contribution in [1.29, 1.82) is 0 Å². The number of nitrogens with one attached hydrogen (secondary N) is 1. The van der Waals surface area contributed by atoms with Gasteiger partial charge < -0.3 is 25.6 Å². The third kappa shape index (κ3) is 5.19. The van der Waals surface area contributed by atoms with Crippen molar-refractivity contribution in [1.82, 2.24) is 19.5 Å². The molecular weight excluding hydrogens is 474 g/mol. The maximum Gasteiger partial charge on any atom is 0.270 e.